The average molecular weight is 310 g/mol. The Labute approximate surface area is 123 Å². The van der Waals surface area contributed by atoms with Crippen LogP contribution in [0.15, 0.2) is 29.9 Å². The molecule has 1 aliphatic rings. The van der Waals surface area contributed by atoms with E-state index in [2.05, 4.69) is 15.6 Å². The Kier molecular flexibility index (Phi) is 3.69. The van der Waals surface area contributed by atoms with Gasteiger partial charge in [0, 0.05) is 24.7 Å². The predicted molar refractivity (Wildman–Crippen MR) is 81.7 cm³/mol. The van der Waals surface area contributed by atoms with Crippen LogP contribution in [-0.2, 0) is 9.84 Å². The minimum absolute atomic E-state index is 0.208. The first-order valence-electron chi connectivity index (χ1n) is 6.81. The molecule has 0 bridgehead atoms. The van der Waals surface area contributed by atoms with Crippen LogP contribution in [0, 0.1) is 0 Å². The highest BCUT2D eigenvalue weighted by Gasteiger charge is 2.30. The lowest BCUT2D eigenvalue weighted by Crippen LogP contribution is -2.28. The van der Waals surface area contributed by atoms with Crippen LogP contribution in [0.1, 0.15) is 31.7 Å². The van der Waals surface area contributed by atoms with Gasteiger partial charge in [0.1, 0.15) is 15.7 Å². The molecule has 4 nitrogen and oxygen atoms in total. The predicted octanol–water partition coefficient (Wildman–Crippen LogP) is 3.14. The van der Waals surface area contributed by atoms with Gasteiger partial charge in [-0.2, -0.15) is 0 Å². The van der Waals surface area contributed by atoms with Crippen molar-refractivity contribution in [2.75, 3.05) is 6.26 Å². The number of hydrogen-bond donors (Lipinski definition) is 0. The van der Waals surface area contributed by atoms with Crippen LogP contribution in [0.5, 0.6) is 0 Å². The summed E-state index contributed by atoms with van der Waals surface area (Å²) in [4.78, 5) is 5.58. The van der Waals surface area contributed by atoms with E-state index in [1.165, 1.54) is 6.26 Å². The molecule has 6 heteroatoms. The summed E-state index contributed by atoms with van der Waals surface area (Å²) in [5, 5.41) is 1.83. The minimum atomic E-state index is -2.95. The minimum Gasteiger partial charge on any atom is -0.327 e. The second-order valence-corrected chi connectivity index (χ2v) is 8.68. The van der Waals surface area contributed by atoms with Gasteiger partial charge in [0.05, 0.1) is 10.1 Å². The lowest BCUT2D eigenvalue weighted by molar-refractivity contribution is 0.355. The smallest absolute Gasteiger partial charge is 0.150 e. The van der Waals surface area contributed by atoms with Crippen LogP contribution in [0.25, 0.3) is 10.7 Å². The van der Waals surface area contributed by atoms with Gasteiger partial charge < -0.3 is 4.57 Å². The third kappa shape index (κ3) is 2.67. The van der Waals surface area contributed by atoms with Gasteiger partial charge >= 0.3 is 0 Å². The molecule has 2 aromatic heterocycles. The molecule has 0 saturated heterocycles. The quantitative estimate of drug-likeness (QED) is 0.875. The molecule has 0 spiro atoms. The first-order valence-corrected chi connectivity index (χ1v) is 9.64. The fourth-order valence-corrected chi connectivity index (χ4v) is 4.86. The SMILES string of the molecule is CS(=O)(=O)C1CCCC(n2ccnc2-c2cccs2)C1. The van der Waals surface area contributed by atoms with Gasteiger partial charge in [-0.3, -0.25) is 0 Å². The van der Waals surface area contributed by atoms with Crippen molar-refractivity contribution in [3.05, 3.63) is 29.9 Å². The maximum Gasteiger partial charge on any atom is 0.150 e. The average Bonchev–Trinajstić information content (AvgIpc) is 3.08. The molecule has 2 heterocycles. The van der Waals surface area contributed by atoms with Gasteiger partial charge in [-0.1, -0.05) is 12.5 Å². The van der Waals surface area contributed by atoms with E-state index in [0.717, 1.165) is 30.0 Å². The largest absolute Gasteiger partial charge is 0.327 e. The van der Waals surface area contributed by atoms with E-state index in [1.54, 1.807) is 17.5 Å². The standard InChI is InChI=1S/C14H18N2O2S2/c1-20(17,18)12-5-2-4-11(10-12)16-8-7-15-14(16)13-6-3-9-19-13/h3,6-9,11-12H,2,4-5,10H2,1H3. The molecule has 2 aromatic rings. The maximum absolute atomic E-state index is 11.8. The molecule has 0 aromatic carbocycles. The molecule has 1 aliphatic carbocycles. The lowest BCUT2D eigenvalue weighted by atomic mass is 9.94. The molecular formula is C14H18N2O2S2. The number of sulfone groups is 1. The molecule has 3 rings (SSSR count). The van der Waals surface area contributed by atoms with Crippen molar-refractivity contribution in [1.29, 1.82) is 0 Å². The molecule has 2 unspecified atom stereocenters. The molecule has 0 radical (unpaired) electrons. The Bertz CT molecular complexity index is 674. The number of imidazole rings is 1. The third-order valence-corrected chi connectivity index (χ3v) is 6.51. The molecule has 0 amide bonds. The summed E-state index contributed by atoms with van der Waals surface area (Å²) in [7, 11) is -2.95. The Balaban J connectivity index is 1.89. The zero-order valence-electron chi connectivity index (χ0n) is 11.4. The zero-order valence-corrected chi connectivity index (χ0v) is 13.0. The summed E-state index contributed by atoms with van der Waals surface area (Å²) in [6.07, 6.45) is 8.62. The van der Waals surface area contributed by atoms with Gasteiger partial charge in [0.15, 0.2) is 0 Å². The number of hydrogen-bond acceptors (Lipinski definition) is 4. The van der Waals surface area contributed by atoms with E-state index < -0.39 is 9.84 Å². The van der Waals surface area contributed by atoms with Crippen molar-refractivity contribution in [2.45, 2.75) is 37.0 Å². The van der Waals surface area contributed by atoms with Crippen LogP contribution in [0.4, 0.5) is 0 Å². The molecule has 0 aliphatic heterocycles. The zero-order chi connectivity index (χ0) is 14.2. The van der Waals surface area contributed by atoms with Crippen molar-refractivity contribution >= 4 is 21.2 Å². The summed E-state index contributed by atoms with van der Waals surface area (Å²) < 4.78 is 25.7. The Hall–Kier alpha value is -1.14. The molecule has 1 fully saturated rings. The first-order chi connectivity index (χ1) is 9.55. The monoisotopic (exact) mass is 310 g/mol. The molecule has 1 saturated carbocycles. The van der Waals surface area contributed by atoms with Gasteiger partial charge in [-0.25, -0.2) is 13.4 Å². The summed E-state index contributed by atoms with van der Waals surface area (Å²) in [6.45, 7) is 0. The van der Waals surface area contributed by atoms with E-state index in [0.29, 0.717) is 6.42 Å². The Morgan fingerprint density at radius 3 is 2.95 bits per heavy atom. The topological polar surface area (TPSA) is 52.0 Å². The number of nitrogens with zero attached hydrogens (tertiary/aromatic N) is 2. The van der Waals surface area contributed by atoms with E-state index in [9.17, 15) is 8.42 Å². The third-order valence-electron chi connectivity index (χ3n) is 4.01. The second-order valence-electron chi connectivity index (χ2n) is 5.41. The van der Waals surface area contributed by atoms with Crippen molar-refractivity contribution in [3.63, 3.8) is 0 Å². The van der Waals surface area contributed by atoms with E-state index in [4.69, 9.17) is 0 Å². The van der Waals surface area contributed by atoms with Crippen molar-refractivity contribution in [1.82, 2.24) is 9.55 Å². The molecule has 20 heavy (non-hydrogen) atoms. The Morgan fingerprint density at radius 1 is 1.40 bits per heavy atom. The van der Waals surface area contributed by atoms with E-state index in [-0.39, 0.29) is 11.3 Å². The first kappa shape index (κ1) is 13.8. The van der Waals surface area contributed by atoms with E-state index >= 15 is 0 Å². The summed E-state index contributed by atoms with van der Waals surface area (Å²) in [5.41, 5.74) is 0. The lowest BCUT2D eigenvalue weighted by Gasteiger charge is -2.29. The number of thiophene rings is 1. The van der Waals surface area contributed by atoms with Crippen LogP contribution in [0.3, 0.4) is 0 Å². The maximum atomic E-state index is 11.8. The molecule has 2 atom stereocenters. The summed E-state index contributed by atoms with van der Waals surface area (Å²) in [5.74, 6) is 0.958. The fraction of sp³-hybridized carbons (Fsp3) is 0.500. The van der Waals surface area contributed by atoms with Crippen molar-refractivity contribution in [2.24, 2.45) is 0 Å². The normalized spacial score (nSPS) is 23.9. The van der Waals surface area contributed by atoms with E-state index in [1.807, 2.05) is 17.6 Å². The van der Waals surface area contributed by atoms with Gasteiger partial charge in [-0.05, 0) is 30.7 Å². The van der Waals surface area contributed by atoms with Crippen LogP contribution in [0.2, 0.25) is 0 Å². The summed E-state index contributed by atoms with van der Waals surface area (Å²) in [6, 6.07) is 4.31. The molecule has 108 valence electrons. The van der Waals surface area contributed by atoms with Gasteiger partial charge in [0.25, 0.3) is 0 Å². The van der Waals surface area contributed by atoms with Crippen LogP contribution in [-0.4, -0.2) is 29.5 Å². The molecule has 0 N–H and O–H groups in total. The van der Waals surface area contributed by atoms with Crippen molar-refractivity contribution < 1.29 is 8.42 Å². The van der Waals surface area contributed by atoms with Gasteiger partial charge in [-0.15, -0.1) is 11.3 Å². The number of aromatic nitrogens is 2. The summed E-state index contributed by atoms with van der Waals surface area (Å²) >= 11 is 1.66. The fourth-order valence-electron chi connectivity index (χ4n) is 2.97. The highest BCUT2D eigenvalue weighted by molar-refractivity contribution is 7.91. The highest BCUT2D eigenvalue weighted by Crippen LogP contribution is 2.35. The second kappa shape index (κ2) is 5.33. The van der Waals surface area contributed by atoms with Crippen molar-refractivity contribution in [3.8, 4) is 10.7 Å². The Morgan fingerprint density at radius 2 is 2.25 bits per heavy atom. The van der Waals surface area contributed by atoms with Crippen LogP contribution < -0.4 is 0 Å². The number of rotatable bonds is 3. The molecular weight excluding hydrogens is 292 g/mol. The van der Waals surface area contributed by atoms with Crippen LogP contribution >= 0.6 is 11.3 Å². The van der Waals surface area contributed by atoms with Gasteiger partial charge in [0.2, 0.25) is 0 Å². The highest BCUT2D eigenvalue weighted by atomic mass is 32.2.